The Labute approximate surface area is 218 Å². The van der Waals surface area contributed by atoms with Crippen molar-refractivity contribution in [3.8, 4) is 11.3 Å². The Bertz CT molecular complexity index is 1610. The maximum Gasteiger partial charge on any atom is 0.268 e. The average Bonchev–Trinajstić information content (AvgIpc) is 2.81. The molecular weight excluding hydrogens is 551 g/mol. The van der Waals surface area contributed by atoms with Gasteiger partial charge in [0.1, 0.15) is 0 Å². The fraction of sp³-hybridized carbons (Fsp3) is 0.0417. The third kappa shape index (κ3) is 5.32. The predicted octanol–water partition coefficient (Wildman–Crippen LogP) is 6.64. The van der Waals surface area contributed by atoms with Gasteiger partial charge in [-0.15, -0.1) is 0 Å². The zero-order valence-corrected chi connectivity index (χ0v) is 22.0. The van der Waals surface area contributed by atoms with E-state index in [1.807, 2.05) is 0 Å². The number of sulfonamides is 1. The molecule has 0 atom stereocenters. The van der Waals surface area contributed by atoms with E-state index in [0.29, 0.717) is 21.3 Å². The van der Waals surface area contributed by atoms with Gasteiger partial charge in [-0.2, -0.15) is 0 Å². The van der Waals surface area contributed by atoms with E-state index in [9.17, 15) is 16.8 Å². The van der Waals surface area contributed by atoms with E-state index in [4.69, 9.17) is 34.8 Å². The van der Waals surface area contributed by atoms with Gasteiger partial charge in [0.25, 0.3) is 10.0 Å². The Balaban J connectivity index is 1.97. The number of halogens is 3. The first-order chi connectivity index (χ1) is 16.5. The van der Waals surface area contributed by atoms with Gasteiger partial charge in [-0.25, -0.2) is 21.1 Å². The van der Waals surface area contributed by atoms with Crippen LogP contribution in [0.5, 0.6) is 0 Å². The molecule has 1 heterocycles. The summed E-state index contributed by atoms with van der Waals surface area (Å²) in [6.45, 7) is 0. The van der Waals surface area contributed by atoms with Gasteiger partial charge in [0.15, 0.2) is 9.84 Å². The van der Waals surface area contributed by atoms with E-state index in [-0.39, 0.29) is 26.2 Å². The third-order valence-corrected chi connectivity index (χ3v) is 8.79. The van der Waals surface area contributed by atoms with Gasteiger partial charge in [-0.1, -0.05) is 40.9 Å². The standard InChI is InChI=1S/C24H17Cl3N2O4S2/c1-34(30,31)19-10-12-24(22(27)15-19)29(35(32,33)18-8-5-16(25)6-9-18)17-7-11-21(26)20(14-17)23-4-2-3-13-28-23/h2-15H,1H3. The van der Waals surface area contributed by atoms with Crippen LogP contribution in [0.2, 0.25) is 15.1 Å². The minimum atomic E-state index is -4.23. The molecule has 11 heteroatoms. The monoisotopic (exact) mass is 566 g/mol. The van der Waals surface area contributed by atoms with Crippen LogP contribution in [-0.2, 0) is 19.9 Å². The van der Waals surface area contributed by atoms with Crippen LogP contribution in [0.1, 0.15) is 0 Å². The number of anilines is 2. The normalized spacial score (nSPS) is 11.9. The van der Waals surface area contributed by atoms with Gasteiger partial charge in [0.05, 0.1) is 36.9 Å². The molecule has 1 aromatic heterocycles. The van der Waals surface area contributed by atoms with Crippen molar-refractivity contribution in [2.45, 2.75) is 9.79 Å². The highest BCUT2D eigenvalue weighted by Crippen LogP contribution is 2.40. The van der Waals surface area contributed by atoms with Crippen LogP contribution in [0.25, 0.3) is 11.3 Å². The maximum atomic E-state index is 13.9. The van der Waals surface area contributed by atoms with Gasteiger partial charge in [-0.3, -0.25) is 4.98 Å². The molecule has 0 N–H and O–H groups in total. The second-order valence-electron chi connectivity index (χ2n) is 7.49. The predicted molar refractivity (Wildman–Crippen MR) is 140 cm³/mol. The molecule has 0 saturated heterocycles. The van der Waals surface area contributed by atoms with Crippen molar-refractivity contribution in [1.29, 1.82) is 0 Å². The minimum absolute atomic E-state index is 0.0413. The fourth-order valence-electron chi connectivity index (χ4n) is 3.36. The number of benzene rings is 3. The molecule has 180 valence electrons. The van der Waals surface area contributed by atoms with Gasteiger partial charge in [-0.05, 0) is 72.8 Å². The molecule has 0 saturated carbocycles. The molecule has 0 spiro atoms. The van der Waals surface area contributed by atoms with Crippen LogP contribution in [0.15, 0.2) is 94.9 Å². The summed E-state index contributed by atoms with van der Waals surface area (Å²) in [4.78, 5) is 4.23. The maximum absolute atomic E-state index is 13.9. The molecule has 0 aliphatic carbocycles. The van der Waals surface area contributed by atoms with E-state index < -0.39 is 19.9 Å². The van der Waals surface area contributed by atoms with Crippen LogP contribution in [0, 0.1) is 0 Å². The number of hydrogen-bond donors (Lipinski definition) is 0. The van der Waals surface area contributed by atoms with E-state index in [2.05, 4.69) is 4.98 Å². The van der Waals surface area contributed by atoms with Gasteiger partial charge in [0.2, 0.25) is 0 Å². The van der Waals surface area contributed by atoms with Crippen molar-refractivity contribution in [2.75, 3.05) is 10.6 Å². The van der Waals surface area contributed by atoms with Crippen molar-refractivity contribution in [1.82, 2.24) is 4.98 Å². The highest BCUT2D eigenvalue weighted by molar-refractivity contribution is 7.93. The molecular formula is C24H17Cl3N2O4S2. The lowest BCUT2D eigenvalue weighted by Crippen LogP contribution is -2.26. The molecule has 0 aliphatic heterocycles. The molecule has 0 amide bonds. The second kappa shape index (κ2) is 9.79. The average molecular weight is 568 g/mol. The quantitative estimate of drug-likeness (QED) is 0.261. The fourth-order valence-corrected chi connectivity index (χ4v) is 6.23. The lowest BCUT2D eigenvalue weighted by atomic mass is 10.1. The van der Waals surface area contributed by atoms with Crippen LogP contribution in [0.4, 0.5) is 11.4 Å². The summed E-state index contributed by atoms with van der Waals surface area (Å²) >= 11 is 18.8. The van der Waals surface area contributed by atoms with E-state index >= 15 is 0 Å². The Morgan fingerprint density at radius 3 is 2.03 bits per heavy atom. The van der Waals surface area contributed by atoms with E-state index in [1.54, 1.807) is 36.5 Å². The Kier molecular flexibility index (Phi) is 7.13. The zero-order chi connectivity index (χ0) is 25.4. The molecule has 4 aromatic rings. The zero-order valence-electron chi connectivity index (χ0n) is 18.1. The summed E-state index contributed by atoms with van der Waals surface area (Å²) in [6, 6.07) is 19.5. The molecule has 0 unspecified atom stereocenters. The Morgan fingerprint density at radius 1 is 0.743 bits per heavy atom. The Morgan fingerprint density at radius 2 is 1.43 bits per heavy atom. The van der Waals surface area contributed by atoms with Gasteiger partial charge < -0.3 is 0 Å². The minimum Gasteiger partial charge on any atom is -0.256 e. The molecule has 4 rings (SSSR count). The number of hydrogen-bond acceptors (Lipinski definition) is 5. The SMILES string of the molecule is CS(=O)(=O)c1ccc(N(c2ccc(Cl)c(-c3ccccn3)c2)S(=O)(=O)c2ccc(Cl)cc2)c(Cl)c1. The first kappa shape index (κ1) is 25.5. The first-order valence-corrected chi connectivity index (χ1v) is 14.5. The van der Waals surface area contributed by atoms with Crippen LogP contribution in [-0.4, -0.2) is 28.1 Å². The largest absolute Gasteiger partial charge is 0.268 e. The van der Waals surface area contributed by atoms with Crippen LogP contribution >= 0.6 is 34.8 Å². The summed E-state index contributed by atoms with van der Waals surface area (Å²) in [5, 5.41) is 0.671. The van der Waals surface area contributed by atoms with E-state index in [0.717, 1.165) is 10.6 Å². The number of sulfone groups is 1. The highest BCUT2D eigenvalue weighted by Gasteiger charge is 2.30. The third-order valence-electron chi connectivity index (χ3n) is 5.04. The summed E-state index contributed by atoms with van der Waals surface area (Å²) < 4.78 is 52.8. The van der Waals surface area contributed by atoms with Crippen molar-refractivity contribution in [2.24, 2.45) is 0 Å². The summed E-state index contributed by atoms with van der Waals surface area (Å²) in [5.41, 5.74) is 1.33. The van der Waals surface area contributed by atoms with Crippen molar-refractivity contribution in [3.05, 3.63) is 100 Å². The van der Waals surface area contributed by atoms with Crippen molar-refractivity contribution >= 4 is 66.0 Å². The summed E-state index contributed by atoms with van der Waals surface area (Å²) in [6.07, 6.45) is 2.64. The molecule has 3 aromatic carbocycles. The number of aromatic nitrogens is 1. The first-order valence-electron chi connectivity index (χ1n) is 10.00. The lowest BCUT2D eigenvalue weighted by molar-refractivity contribution is 0.596. The lowest BCUT2D eigenvalue weighted by Gasteiger charge is -2.26. The number of pyridine rings is 1. The molecule has 0 bridgehead atoms. The van der Waals surface area contributed by atoms with Gasteiger partial charge in [0, 0.05) is 23.0 Å². The van der Waals surface area contributed by atoms with Crippen LogP contribution in [0.3, 0.4) is 0 Å². The molecule has 6 nitrogen and oxygen atoms in total. The van der Waals surface area contributed by atoms with Crippen LogP contribution < -0.4 is 4.31 Å². The number of nitrogens with zero attached hydrogens (tertiary/aromatic N) is 2. The summed E-state index contributed by atoms with van der Waals surface area (Å²) in [5.74, 6) is 0. The molecule has 35 heavy (non-hydrogen) atoms. The summed E-state index contributed by atoms with van der Waals surface area (Å²) in [7, 11) is -7.80. The number of rotatable bonds is 6. The highest BCUT2D eigenvalue weighted by atomic mass is 35.5. The molecule has 0 radical (unpaired) electrons. The van der Waals surface area contributed by atoms with E-state index in [1.165, 1.54) is 48.5 Å². The molecule has 0 fully saturated rings. The van der Waals surface area contributed by atoms with Crippen molar-refractivity contribution in [3.63, 3.8) is 0 Å². The second-order valence-corrected chi connectivity index (χ2v) is 12.5. The Hall–Kier alpha value is -2.62. The topological polar surface area (TPSA) is 84.4 Å². The van der Waals surface area contributed by atoms with Crippen molar-refractivity contribution < 1.29 is 16.8 Å². The van der Waals surface area contributed by atoms with Gasteiger partial charge >= 0.3 is 0 Å². The smallest absolute Gasteiger partial charge is 0.256 e. The molecule has 0 aliphatic rings.